The molecular formula is C25H29N5O3. The molecule has 0 aliphatic carbocycles. The van der Waals surface area contributed by atoms with E-state index in [-0.39, 0.29) is 17.9 Å². The number of aryl methyl sites for hydroxylation is 2. The molecule has 0 aliphatic rings. The van der Waals surface area contributed by atoms with E-state index in [1.54, 1.807) is 11.7 Å². The van der Waals surface area contributed by atoms with Gasteiger partial charge in [0.25, 0.3) is 5.56 Å². The number of ether oxygens (including phenoxy) is 1. The van der Waals surface area contributed by atoms with Crippen molar-refractivity contribution in [1.82, 2.24) is 24.5 Å². The molecule has 0 spiro atoms. The van der Waals surface area contributed by atoms with Gasteiger partial charge in [0.15, 0.2) is 0 Å². The van der Waals surface area contributed by atoms with E-state index in [9.17, 15) is 9.59 Å². The lowest BCUT2D eigenvalue weighted by atomic mass is 10.1. The predicted molar refractivity (Wildman–Crippen MR) is 127 cm³/mol. The van der Waals surface area contributed by atoms with Crippen molar-refractivity contribution >= 4 is 22.6 Å². The third-order valence-corrected chi connectivity index (χ3v) is 5.73. The highest BCUT2D eigenvalue weighted by molar-refractivity contribution is 5.80. The van der Waals surface area contributed by atoms with Gasteiger partial charge in [-0.2, -0.15) is 0 Å². The highest BCUT2D eigenvalue weighted by Crippen LogP contribution is 2.17. The Balaban J connectivity index is 1.54. The molecule has 0 fully saturated rings. The maximum absolute atomic E-state index is 13.1. The molecule has 0 radical (unpaired) electrons. The lowest BCUT2D eigenvalue weighted by Crippen LogP contribution is -2.25. The number of amides is 1. The Morgan fingerprint density at radius 2 is 1.85 bits per heavy atom. The first-order chi connectivity index (χ1) is 16.0. The summed E-state index contributed by atoms with van der Waals surface area (Å²) in [4.78, 5) is 25.6. The summed E-state index contributed by atoms with van der Waals surface area (Å²) in [5.41, 5.74) is 1.70. The van der Waals surface area contributed by atoms with Gasteiger partial charge in [-0.25, -0.2) is 0 Å². The number of para-hydroxylation sites is 1. The van der Waals surface area contributed by atoms with Crippen LogP contribution in [0.5, 0.6) is 5.75 Å². The quantitative estimate of drug-likeness (QED) is 0.425. The SMILES string of the molecule is COc1ccc(CNC(=O)CCc2nnc3n(CCC(C)C)c(=O)c4ccccc4n23)cc1. The Kier molecular flexibility index (Phi) is 6.72. The average Bonchev–Trinajstić information content (AvgIpc) is 3.25. The summed E-state index contributed by atoms with van der Waals surface area (Å²) in [5, 5.41) is 12.2. The number of nitrogens with one attached hydrogen (secondary N) is 1. The van der Waals surface area contributed by atoms with E-state index >= 15 is 0 Å². The normalized spacial score (nSPS) is 11.4. The van der Waals surface area contributed by atoms with Gasteiger partial charge in [0, 0.05) is 25.9 Å². The van der Waals surface area contributed by atoms with Crippen molar-refractivity contribution in [3.05, 3.63) is 70.3 Å². The van der Waals surface area contributed by atoms with E-state index in [4.69, 9.17) is 4.74 Å². The molecule has 2 aromatic heterocycles. The summed E-state index contributed by atoms with van der Waals surface area (Å²) < 4.78 is 8.77. The molecule has 8 nitrogen and oxygen atoms in total. The Bertz CT molecular complexity index is 1320. The number of aromatic nitrogens is 4. The summed E-state index contributed by atoms with van der Waals surface area (Å²) in [6.07, 6.45) is 1.56. The first-order valence-electron chi connectivity index (χ1n) is 11.2. The number of rotatable bonds is 9. The van der Waals surface area contributed by atoms with Gasteiger partial charge in [-0.15, -0.1) is 10.2 Å². The van der Waals surface area contributed by atoms with Gasteiger partial charge >= 0.3 is 0 Å². The van der Waals surface area contributed by atoms with Gasteiger partial charge in [-0.05, 0) is 42.2 Å². The van der Waals surface area contributed by atoms with Crippen LogP contribution in [0.15, 0.2) is 53.3 Å². The Morgan fingerprint density at radius 1 is 1.09 bits per heavy atom. The highest BCUT2D eigenvalue weighted by Gasteiger charge is 2.17. The minimum atomic E-state index is -0.0694. The summed E-state index contributed by atoms with van der Waals surface area (Å²) in [6, 6.07) is 15.1. The third kappa shape index (κ3) is 4.89. The molecule has 0 bridgehead atoms. The van der Waals surface area contributed by atoms with Gasteiger partial charge in [0.05, 0.1) is 18.0 Å². The van der Waals surface area contributed by atoms with Crippen LogP contribution in [0.4, 0.5) is 0 Å². The van der Waals surface area contributed by atoms with Gasteiger partial charge in [-0.3, -0.25) is 18.6 Å². The standard InChI is InChI=1S/C25H29N5O3/c1-17(2)14-15-29-24(32)20-6-4-5-7-21(20)30-22(27-28-25(29)30)12-13-23(31)26-16-18-8-10-19(33-3)11-9-18/h4-11,17H,12-16H2,1-3H3,(H,26,31). The number of hydrogen-bond donors (Lipinski definition) is 1. The summed E-state index contributed by atoms with van der Waals surface area (Å²) in [5.74, 6) is 2.36. The lowest BCUT2D eigenvalue weighted by Gasteiger charge is -2.12. The Labute approximate surface area is 192 Å². The lowest BCUT2D eigenvalue weighted by molar-refractivity contribution is -0.121. The van der Waals surface area contributed by atoms with Crippen LogP contribution in [0.1, 0.15) is 38.1 Å². The van der Waals surface area contributed by atoms with Crippen molar-refractivity contribution in [3.8, 4) is 5.75 Å². The molecule has 33 heavy (non-hydrogen) atoms. The van der Waals surface area contributed by atoms with Gasteiger partial charge in [0.2, 0.25) is 11.7 Å². The van der Waals surface area contributed by atoms with Crippen molar-refractivity contribution in [2.24, 2.45) is 5.92 Å². The molecular weight excluding hydrogens is 418 g/mol. The Morgan fingerprint density at radius 3 is 2.58 bits per heavy atom. The zero-order valence-corrected chi connectivity index (χ0v) is 19.2. The zero-order chi connectivity index (χ0) is 23.4. The molecule has 0 aliphatic heterocycles. The van der Waals surface area contributed by atoms with Crippen LogP contribution in [0.2, 0.25) is 0 Å². The Hall–Kier alpha value is -3.68. The van der Waals surface area contributed by atoms with Crippen molar-refractivity contribution in [1.29, 1.82) is 0 Å². The average molecular weight is 448 g/mol. The second-order valence-electron chi connectivity index (χ2n) is 8.53. The second kappa shape index (κ2) is 9.85. The molecule has 2 aromatic carbocycles. The number of nitrogens with zero attached hydrogens (tertiary/aromatic N) is 4. The van der Waals surface area contributed by atoms with Crippen LogP contribution in [0.25, 0.3) is 16.7 Å². The molecule has 1 amide bonds. The van der Waals surface area contributed by atoms with Crippen LogP contribution in [0, 0.1) is 5.92 Å². The van der Waals surface area contributed by atoms with Crippen molar-refractivity contribution < 1.29 is 9.53 Å². The van der Waals surface area contributed by atoms with Crippen LogP contribution >= 0.6 is 0 Å². The summed E-state index contributed by atoms with van der Waals surface area (Å²) in [7, 11) is 1.62. The van der Waals surface area contributed by atoms with E-state index in [0.717, 1.165) is 23.3 Å². The fraction of sp³-hybridized carbons (Fsp3) is 0.360. The van der Waals surface area contributed by atoms with E-state index < -0.39 is 0 Å². The minimum Gasteiger partial charge on any atom is -0.497 e. The smallest absolute Gasteiger partial charge is 0.262 e. The monoisotopic (exact) mass is 447 g/mol. The first kappa shape index (κ1) is 22.5. The fourth-order valence-corrected chi connectivity index (χ4v) is 3.82. The first-order valence-corrected chi connectivity index (χ1v) is 11.2. The third-order valence-electron chi connectivity index (χ3n) is 5.73. The topological polar surface area (TPSA) is 90.5 Å². The molecule has 172 valence electrons. The number of benzene rings is 2. The van der Waals surface area contributed by atoms with E-state index in [1.807, 2.05) is 52.9 Å². The maximum atomic E-state index is 13.1. The molecule has 0 saturated heterocycles. The van der Waals surface area contributed by atoms with Gasteiger partial charge in [-0.1, -0.05) is 38.1 Å². The summed E-state index contributed by atoms with van der Waals surface area (Å²) >= 11 is 0. The minimum absolute atomic E-state index is 0.0602. The molecule has 0 atom stereocenters. The largest absolute Gasteiger partial charge is 0.497 e. The number of hydrogen-bond acceptors (Lipinski definition) is 5. The zero-order valence-electron chi connectivity index (χ0n) is 19.2. The van der Waals surface area contributed by atoms with Crippen molar-refractivity contribution in [3.63, 3.8) is 0 Å². The van der Waals surface area contributed by atoms with Gasteiger partial charge < -0.3 is 10.1 Å². The van der Waals surface area contributed by atoms with Crippen LogP contribution in [-0.4, -0.2) is 32.2 Å². The van der Waals surface area contributed by atoms with Crippen molar-refractivity contribution in [2.75, 3.05) is 7.11 Å². The molecule has 0 saturated carbocycles. The predicted octanol–water partition coefficient (Wildman–Crippen LogP) is 3.35. The fourth-order valence-electron chi connectivity index (χ4n) is 3.82. The molecule has 8 heteroatoms. The molecule has 4 aromatic rings. The maximum Gasteiger partial charge on any atom is 0.262 e. The molecule has 0 unspecified atom stereocenters. The van der Waals surface area contributed by atoms with Crippen LogP contribution in [-0.2, 0) is 24.3 Å². The van der Waals surface area contributed by atoms with Crippen LogP contribution in [0.3, 0.4) is 0 Å². The van der Waals surface area contributed by atoms with Crippen LogP contribution < -0.4 is 15.6 Å². The highest BCUT2D eigenvalue weighted by atomic mass is 16.5. The van der Waals surface area contributed by atoms with E-state index in [0.29, 0.717) is 42.4 Å². The number of carbonyl (C=O) groups excluding carboxylic acids is 1. The number of methoxy groups -OCH3 is 1. The molecule has 4 rings (SSSR count). The number of fused-ring (bicyclic) bond motifs is 3. The summed E-state index contributed by atoms with van der Waals surface area (Å²) in [6.45, 7) is 5.28. The van der Waals surface area contributed by atoms with Crippen molar-refractivity contribution in [2.45, 2.75) is 46.2 Å². The number of carbonyl (C=O) groups is 1. The van der Waals surface area contributed by atoms with E-state index in [2.05, 4.69) is 29.4 Å². The second-order valence-corrected chi connectivity index (χ2v) is 8.53. The molecule has 1 N–H and O–H groups in total. The van der Waals surface area contributed by atoms with E-state index in [1.165, 1.54) is 0 Å². The van der Waals surface area contributed by atoms with Gasteiger partial charge in [0.1, 0.15) is 11.6 Å². The molecule has 2 heterocycles.